The maximum atomic E-state index is 12.3. The number of imide groups is 1. The molecule has 2 rings (SSSR count). The van der Waals surface area contributed by atoms with E-state index in [0.29, 0.717) is 11.1 Å². The van der Waals surface area contributed by atoms with Crippen molar-refractivity contribution in [1.29, 1.82) is 0 Å². The summed E-state index contributed by atoms with van der Waals surface area (Å²) in [6, 6.07) is 3.95. The molecule has 0 saturated heterocycles. The first kappa shape index (κ1) is 21.7. The van der Waals surface area contributed by atoms with Crippen LogP contribution in [-0.2, 0) is 12.8 Å². The highest BCUT2D eigenvalue weighted by Gasteiger charge is 2.30. The summed E-state index contributed by atoms with van der Waals surface area (Å²) < 4.78 is 0. The lowest BCUT2D eigenvalue weighted by Crippen LogP contribution is -2.20. The van der Waals surface area contributed by atoms with Crippen LogP contribution in [0.2, 0.25) is 0 Å². The van der Waals surface area contributed by atoms with Crippen LogP contribution in [0.15, 0.2) is 12.1 Å². The number of hydrogen-bond donors (Lipinski definition) is 1. The predicted octanol–water partition coefficient (Wildman–Crippen LogP) is 6.38. The van der Waals surface area contributed by atoms with Crippen LogP contribution in [0.25, 0.3) is 0 Å². The summed E-state index contributed by atoms with van der Waals surface area (Å²) in [6.07, 6.45) is 17.0. The fourth-order valence-corrected chi connectivity index (χ4v) is 4.07. The molecule has 0 fully saturated rings. The molecule has 1 aliphatic heterocycles. The van der Waals surface area contributed by atoms with Crippen LogP contribution in [0.3, 0.4) is 0 Å². The fourth-order valence-electron chi connectivity index (χ4n) is 4.07. The maximum Gasteiger partial charge on any atom is 0.259 e. The van der Waals surface area contributed by atoms with E-state index in [-0.39, 0.29) is 11.8 Å². The van der Waals surface area contributed by atoms with E-state index in [0.717, 1.165) is 24.8 Å². The normalized spacial score (nSPS) is 13.1. The smallest absolute Gasteiger partial charge is 0.259 e. The molecule has 0 unspecified atom stereocenters. The van der Waals surface area contributed by atoms with Gasteiger partial charge in [-0.25, -0.2) is 0 Å². The minimum Gasteiger partial charge on any atom is -0.288 e. The monoisotopic (exact) mass is 371 g/mol. The molecule has 0 atom stereocenters. The van der Waals surface area contributed by atoms with Gasteiger partial charge in [0.25, 0.3) is 11.8 Å². The zero-order valence-corrected chi connectivity index (χ0v) is 17.4. The van der Waals surface area contributed by atoms with Gasteiger partial charge in [-0.2, -0.15) is 0 Å². The molecular weight excluding hydrogens is 334 g/mol. The standard InChI is InChI=1S/C24H37NO2/c1-3-5-7-9-11-13-15-19-17-18-21-22(24(27)25-23(21)26)20(19)16-14-12-10-8-6-4-2/h17-18H,3-16H2,1-2H3,(H,25,26,27). The Bertz CT molecular complexity index is 621. The van der Waals surface area contributed by atoms with Crippen molar-refractivity contribution >= 4 is 11.8 Å². The van der Waals surface area contributed by atoms with Gasteiger partial charge in [-0.15, -0.1) is 0 Å². The van der Waals surface area contributed by atoms with Gasteiger partial charge in [-0.1, -0.05) is 84.1 Å². The van der Waals surface area contributed by atoms with E-state index in [1.807, 2.05) is 6.07 Å². The van der Waals surface area contributed by atoms with Crippen molar-refractivity contribution in [2.45, 2.75) is 104 Å². The molecule has 150 valence electrons. The van der Waals surface area contributed by atoms with Crippen molar-refractivity contribution in [2.75, 3.05) is 0 Å². The van der Waals surface area contributed by atoms with E-state index in [1.165, 1.54) is 76.2 Å². The first-order chi connectivity index (χ1) is 13.2. The van der Waals surface area contributed by atoms with Crippen LogP contribution >= 0.6 is 0 Å². The summed E-state index contributed by atoms with van der Waals surface area (Å²) in [5.74, 6) is -0.425. The molecule has 0 aromatic heterocycles. The quantitative estimate of drug-likeness (QED) is 0.305. The second-order valence-electron chi connectivity index (χ2n) is 7.94. The number of carbonyl (C=O) groups excluding carboxylic acids is 2. The van der Waals surface area contributed by atoms with E-state index in [2.05, 4.69) is 25.2 Å². The summed E-state index contributed by atoms with van der Waals surface area (Å²) in [7, 11) is 0. The minimum atomic E-state index is -0.231. The predicted molar refractivity (Wildman–Crippen MR) is 112 cm³/mol. The van der Waals surface area contributed by atoms with Crippen LogP contribution in [0, 0.1) is 0 Å². The Morgan fingerprint density at radius 1 is 0.667 bits per heavy atom. The molecule has 0 aliphatic carbocycles. The fraction of sp³-hybridized carbons (Fsp3) is 0.667. The summed E-state index contributed by atoms with van der Waals surface area (Å²) in [5.41, 5.74) is 3.66. The Balaban J connectivity index is 1.99. The number of unbranched alkanes of at least 4 members (excludes halogenated alkanes) is 10. The van der Waals surface area contributed by atoms with Gasteiger partial charge in [-0.05, 0) is 42.9 Å². The van der Waals surface area contributed by atoms with Crippen LogP contribution in [-0.4, -0.2) is 11.8 Å². The van der Waals surface area contributed by atoms with E-state index in [4.69, 9.17) is 0 Å². The van der Waals surface area contributed by atoms with Gasteiger partial charge in [0.05, 0.1) is 11.1 Å². The lowest BCUT2D eigenvalue weighted by atomic mass is 9.90. The van der Waals surface area contributed by atoms with Gasteiger partial charge in [0.15, 0.2) is 0 Å². The summed E-state index contributed by atoms with van der Waals surface area (Å²) in [4.78, 5) is 24.4. The van der Waals surface area contributed by atoms with Crippen molar-refractivity contribution in [2.24, 2.45) is 0 Å². The zero-order valence-electron chi connectivity index (χ0n) is 17.4. The average molecular weight is 372 g/mol. The number of nitrogens with one attached hydrogen (secondary N) is 1. The number of benzene rings is 1. The van der Waals surface area contributed by atoms with Crippen LogP contribution in [0.4, 0.5) is 0 Å². The molecule has 0 saturated carbocycles. The number of aryl methyl sites for hydroxylation is 1. The first-order valence-electron chi connectivity index (χ1n) is 11.2. The molecule has 1 aromatic carbocycles. The van der Waals surface area contributed by atoms with Gasteiger partial charge in [0.2, 0.25) is 0 Å². The van der Waals surface area contributed by atoms with Crippen LogP contribution < -0.4 is 5.32 Å². The highest BCUT2D eigenvalue weighted by molar-refractivity contribution is 6.22. The summed E-state index contributed by atoms with van der Waals surface area (Å²) in [5, 5.41) is 2.48. The van der Waals surface area contributed by atoms with Gasteiger partial charge in [-0.3, -0.25) is 14.9 Å². The topological polar surface area (TPSA) is 46.2 Å². The Kier molecular flexibility index (Phi) is 9.58. The first-order valence-corrected chi connectivity index (χ1v) is 11.2. The third-order valence-corrected chi connectivity index (χ3v) is 5.69. The number of carbonyl (C=O) groups is 2. The largest absolute Gasteiger partial charge is 0.288 e. The van der Waals surface area contributed by atoms with Crippen molar-refractivity contribution in [1.82, 2.24) is 5.32 Å². The van der Waals surface area contributed by atoms with E-state index >= 15 is 0 Å². The van der Waals surface area contributed by atoms with Crippen molar-refractivity contribution in [3.8, 4) is 0 Å². The van der Waals surface area contributed by atoms with Gasteiger partial charge >= 0.3 is 0 Å². The lowest BCUT2D eigenvalue weighted by Gasteiger charge is -2.13. The molecule has 1 aromatic rings. The average Bonchev–Trinajstić information content (AvgIpc) is 2.95. The molecule has 2 amide bonds. The highest BCUT2D eigenvalue weighted by atomic mass is 16.2. The van der Waals surface area contributed by atoms with Gasteiger partial charge in [0.1, 0.15) is 0 Å². The Hall–Kier alpha value is -1.64. The third kappa shape index (κ3) is 6.48. The second kappa shape index (κ2) is 11.9. The van der Waals surface area contributed by atoms with Crippen molar-refractivity contribution in [3.05, 3.63) is 34.4 Å². The highest BCUT2D eigenvalue weighted by Crippen LogP contribution is 2.27. The molecule has 0 radical (unpaired) electrons. The van der Waals surface area contributed by atoms with Gasteiger partial charge < -0.3 is 0 Å². The molecule has 1 N–H and O–H groups in total. The summed E-state index contributed by atoms with van der Waals surface area (Å²) >= 11 is 0. The second-order valence-corrected chi connectivity index (χ2v) is 7.94. The SMILES string of the molecule is CCCCCCCCc1ccc2c(c1CCCCCCCC)C(=O)NC2=O. The minimum absolute atomic E-state index is 0.194. The molecule has 1 aliphatic rings. The van der Waals surface area contributed by atoms with E-state index < -0.39 is 0 Å². The summed E-state index contributed by atoms with van der Waals surface area (Å²) in [6.45, 7) is 4.48. The number of rotatable bonds is 14. The number of fused-ring (bicyclic) bond motifs is 1. The van der Waals surface area contributed by atoms with Gasteiger partial charge in [0, 0.05) is 0 Å². The maximum absolute atomic E-state index is 12.3. The Morgan fingerprint density at radius 2 is 1.22 bits per heavy atom. The lowest BCUT2D eigenvalue weighted by molar-refractivity contribution is 0.0879. The molecule has 27 heavy (non-hydrogen) atoms. The molecular formula is C24H37NO2. The molecule has 1 heterocycles. The number of amides is 2. The molecule has 3 nitrogen and oxygen atoms in total. The Labute approximate surface area is 165 Å². The van der Waals surface area contributed by atoms with Crippen LogP contribution in [0.5, 0.6) is 0 Å². The molecule has 0 bridgehead atoms. The van der Waals surface area contributed by atoms with E-state index in [1.54, 1.807) is 0 Å². The van der Waals surface area contributed by atoms with E-state index in [9.17, 15) is 9.59 Å². The van der Waals surface area contributed by atoms with Crippen molar-refractivity contribution in [3.63, 3.8) is 0 Å². The molecule has 0 spiro atoms. The van der Waals surface area contributed by atoms with Crippen LogP contribution in [0.1, 0.15) is 123 Å². The number of hydrogen-bond acceptors (Lipinski definition) is 2. The zero-order chi connectivity index (χ0) is 19.5. The third-order valence-electron chi connectivity index (χ3n) is 5.69. The molecule has 3 heteroatoms. The Morgan fingerprint density at radius 3 is 1.85 bits per heavy atom. The van der Waals surface area contributed by atoms with Crippen molar-refractivity contribution < 1.29 is 9.59 Å².